The highest BCUT2D eigenvalue weighted by Gasteiger charge is 2.19. The van der Waals surface area contributed by atoms with Crippen LogP contribution in [0.1, 0.15) is 18.2 Å². The van der Waals surface area contributed by atoms with Gasteiger partial charge in [-0.3, -0.25) is 0 Å². The van der Waals surface area contributed by atoms with Crippen LogP contribution in [0.15, 0.2) is 35.5 Å². The first kappa shape index (κ1) is 18.7. The second-order valence-electron chi connectivity index (χ2n) is 7.90. The molecule has 1 saturated heterocycles. The predicted molar refractivity (Wildman–Crippen MR) is 113 cm³/mol. The number of fused-ring (bicyclic) bond motifs is 2. The molecule has 30 heavy (non-hydrogen) atoms. The molecule has 9 heteroatoms. The van der Waals surface area contributed by atoms with Crippen LogP contribution >= 0.6 is 0 Å². The number of aryl methyl sites for hydroxylation is 2. The molecule has 0 amide bonds. The quantitative estimate of drug-likeness (QED) is 0.547. The van der Waals surface area contributed by atoms with Crippen LogP contribution in [0.2, 0.25) is 0 Å². The number of nitrogens with zero attached hydrogens (tertiary/aromatic N) is 6. The molecule has 0 saturated carbocycles. The summed E-state index contributed by atoms with van der Waals surface area (Å²) in [7, 11) is 0. The van der Waals surface area contributed by atoms with Crippen LogP contribution in [0.3, 0.4) is 0 Å². The molecule has 5 rings (SSSR count). The third-order valence-corrected chi connectivity index (χ3v) is 5.44. The van der Waals surface area contributed by atoms with E-state index in [1.165, 1.54) is 10.5 Å². The van der Waals surface area contributed by atoms with Crippen molar-refractivity contribution >= 4 is 17.0 Å². The number of anilines is 1. The minimum absolute atomic E-state index is 0.193. The maximum absolute atomic E-state index is 14.5. The van der Waals surface area contributed by atoms with E-state index in [2.05, 4.69) is 32.1 Å². The largest absolute Gasteiger partial charge is 0.368 e. The molecule has 1 aliphatic heterocycles. The van der Waals surface area contributed by atoms with Crippen molar-refractivity contribution in [1.29, 1.82) is 0 Å². The summed E-state index contributed by atoms with van der Waals surface area (Å²) < 4.78 is 17.6. The predicted octanol–water partition coefficient (Wildman–Crippen LogP) is 1.96. The molecule has 1 atom stereocenters. The standard InChI is InChI=1S/C21H22FN7O/c1-12-6-16(27-5-4-23-13(2)8-27)11-29-19(12)25-18(26-21(29)30)15-7-17(22)20-24-14(3)9-28(20)10-15/h6-7,9-11,13,23H,4-5,8H2,1-3H3. The number of hydrogen-bond donors (Lipinski definition) is 1. The van der Waals surface area contributed by atoms with Gasteiger partial charge in [0.05, 0.1) is 11.4 Å². The van der Waals surface area contributed by atoms with Crippen molar-refractivity contribution in [3.8, 4) is 11.4 Å². The fourth-order valence-corrected chi connectivity index (χ4v) is 4.04. The van der Waals surface area contributed by atoms with Crippen LogP contribution in [-0.4, -0.2) is 49.4 Å². The third-order valence-electron chi connectivity index (χ3n) is 5.44. The Kier molecular flexibility index (Phi) is 4.28. The zero-order valence-corrected chi connectivity index (χ0v) is 17.1. The van der Waals surface area contributed by atoms with E-state index in [0.717, 1.165) is 30.9 Å². The third kappa shape index (κ3) is 3.11. The fourth-order valence-electron chi connectivity index (χ4n) is 4.04. The lowest BCUT2D eigenvalue weighted by Gasteiger charge is -2.33. The lowest BCUT2D eigenvalue weighted by Crippen LogP contribution is -2.49. The Hall–Kier alpha value is -3.33. The Balaban J connectivity index is 1.63. The van der Waals surface area contributed by atoms with Gasteiger partial charge in [0.2, 0.25) is 0 Å². The second kappa shape index (κ2) is 6.88. The van der Waals surface area contributed by atoms with Gasteiger partial charge in [-0.2, -0.15) is 4.98 Å². The highest BCUT2D eigenvalue weighted by Crippen LogP contribution is 2.23. The zero-order chi connectivity index (χ0) is 21.0. The van der Waals surface area contributed by atoms with Crippen molar-refractivity contribution in [2.75, 3.05) is 24.5 Å². The summed E-state index contributed by atoms with van der Waals surface area (Å²) in [5, 5.41) is 3.42. The van der Waals surface area contributed by atoms with Gasteiger partial charge in [0.1, 0.15) is 5.65 Å². The number of rotatable bonds is 2. The number of piperazine rings is 1. The molecule has 4 aromatic rings. The van der Waals surface area contributed by atoms with Gasteiger partial charge < -0.3 is 14.6 Å². The van der Waals surface area contributed by atoms with Gasteiger partial charge in [0, 0.05) is 49.8 Å². The van der Waals surface area contributed by atoms with Crippen molar-refractivity contribution < 1.29 is 4.39 Å². The Morgan fingerprint density at radius 3 is 2.73 bits per heavy atom. The minimum atomic E-state index is -0.482. The first-order valence-corrected chi connectivity index (χ1v) is 9.93. The van der Waals surface area contributed by atoms with E-state index in [0.29, 0.717) is 22.9 Å². The van der Waals surface area contributed by atoms with Gasteiger partial charge in [-0.15, -0.1) is 0 Å². The van der Waals surface area contributed by atoms with Crippen LogP contribution in [0.25, 0.3) is 22.7 Å². The van der Waals surface area contributed by atoms with Gasteiger partial charge in [0.15, 0.2) is 17.3 Å². The molecule has 0 radical (unpaired) electrons. The van der Waals surface area contributed by atoms with E-state index in [-0.39, 0.29) is 11.5 Å². The van der Waals surface area contributed by atoms with E-state index >= 15 is 0 Å². The fraction of sp³-hybridized carbons (Fsp3) is 0.333. The first-order valence-electron chi connectivity index (χ1n) is 9.93. The lowest BCUT2D eigenvalue weighted by molar-refractivity contribution is 0.484. The maximum atomic E-state index is 14.5. The number of pyridine rings is 2. The summed E-state index contributed by atoms with van der Waals surface area (Å²) in [6.45, 7) is 8.48. The van der Waals surface area contributed by atoms with Crippen LogP contribution in [0, 0.1) is 19.7 Å². The average molecular weight is 407 g/mol. The Labute approximate surface area is 172 Å². The normalized spacial score (nSPS) is 17.2. The summed E-state index contributed by atoms with van der Waals surface area (Å²) in [6, 6.07) is 3.73. The summed E-state index contributed by atoms with van der Waals surface area (Å²) in [6.07, 6.45) is 5.20. The number of nitrogens with one attached hydrogen (secondary N) is 1. The number of aromatic nitrogens is 5. The number of imidazole rings is 1. The highest BCUT2D eigenvalue weighted by molar-refractivity contribution is 5.63. The maximum Gasteiger partial charge on any atom is 0.355 e. The van der Waals surface area contributed by atoms with Crippen LogP contribution < -0.4 is 15.9 Å². The van der Waals surface area contributed by atoms with Crippen molar-refractivity contribution in [2.45, 2.75) is 26.8 Å². The Morgan fingerprint density at radius 1 is 1.10 bits per heavy atom. The smallest absolute Gasteiger partial charge is 0.355 e. The molecule has 154 valence electrons. The van der Waals surface area contributed by atoms with Crippen LogP contribution in [0.4, 0.5) is 10.1 Å². The van der Waals surface area contributed by atoms with Crippen molar-refractivity contribution in [3.63, 3.8) is 0 Å². The van der Waals surface area contributed by atoms with Gasteiger partial charge in [0.25, 0.3) is 0 Å². The summed E-state index contributed by atoms with van der Waals surface area (Å²) in [5.41, 5.74) is 3.27. The molecule has 1 aliphatic rings. The molecule has 0 aromatic carbocycles. The molecule has 0 aliphatic carbocycles. The molecular weight excluding hydrogens is 385 g/mol. The average Bonchev–Trinajstić information content (AvgIpc) is 3.09. The summed E-state index contributed by atoms with van der Waals surface area (Å²) in [4.78, 5) is 28.0. The number of hydrogen-bond acceptors (Lipinski definition) is 6. The minimum Gasteiger partial charge on any atom is -0.368 e. The topological polar surface area (TPSA) is 79.8 Å². The number of halogens is 1. The van der Waals surface area contributed by atoms with Gasteiger partial charge in [-0.25, -0.2) is 23.6 Å². The highest BCUT2D eigenvalue weighted by atomic mass is 19.1. The first-order chi connectivity index (χ1) is 14.4. The molecule has 5 heterocycles. The molecule has 0 bridgehead atoms. The molecule has 4 aromatic heterocycles. The molecule has 8 nitrogen and oxygen atoms in total. The van der Waals surface area contributed by atoms with E-state index in [1.807, 2.05) is 13.0 Å². The van der Waals surface area contributed by atoms with Crippen LogP contribution in [-0.2, 0) is 0 Å². The molecule has 1 N–H and O–H groups in total. The lowest BCUT2D eigenvalue weighted by atomic mass is 10.2. The van der Waals surface area contributed by atoms with Gasteiger partial charge >= 0.3 is 5.69 Å². The molecule has 0 spiro atoms. The molecular formula is C21H22FN7O. The molecule has 1 unspecified atom stereocenters. The van der Waals surface area contributed by atoms with E-state index < -0.39 is 11.5 Å². The monoisotopic (exact) mass is 407 g/mol. The van der Waals surface area contributed by atoms with Gasteiger partial charge in [-0.05, 0) is 38.5 Å². The van der Waals surface area contributed by atoms with E-state index in [1.54, 1.807) is 29.9 Å². The Morgan fingerprint density at radius 2 is 1.93 bits per heavy atom. The van der Waals surface area contributed by atoms with Crippen molar-refractivity contribution in [3.05, 3.63) is 58.3 Å². The van der Waals surface area contributed by atoms with E-state index in [4.69, 9.17) is 0 Å². The molecule has 1 fully saturated rings. The van der Waals surface area contributed by atoms with Crippen molar-refractivity contribution in [2.24, 2.45) is 0 Å². The summed E-state index contributed by atoms with van der Waals surface area (Å²) >= 11 is 0. The Bertz CT molecular complexity index is 1340. The van der Waals surface area contributed by atoms with E-state index in [9.17, 15) is 9.18 Å². The van der Waals surface area contributed by atoms with Gasteiger partial charge in [-0.1, -0.05) is 0 Å². The van der Waals surface area contributed by atoms with Crippen molar-refractivity contribution in [1.82, 2.24) is 29.1 Å². The second-order valence-corrected chi connectivity index (χ2v) is 7.90. The van der Waals surface area contributed by atoms with Crippen LogP contribution in [0.5, 0.6) is 0 Å². The SMILES string of the molecule is Cc1cn2cc(-c3nc(=O)n4cc(N5CCNC(C)C5)cc(C)c4n3)cc(F)c2n1. The summed E-state index contributed by atoms with van der Waals surface area (Å²) in [5.74, 6) is -0.289. The zero-order valence-electron chi connectivity index (χ0n) is 17.1.